The molecule has 1 aromatic heterocycles. The molecule has 34 heavy (non-hydrogen) atoms. The Morgan fingerprint density at radius 2 is 1.09 bits per heavy atom. The van der Waals surface area contributed by atoms with Gasteiger partial charge in [-0.1, -0.05) is 58.1 Å². The molecule has 2 aliphatic heterocycles. The van der Waals surface area contributed by atoms with Crippen LogP contribution in [-0.4, -0.2) is 40.2 Å². The van der Waals surface area contributed by atoms with Gasteiger partial charge in [0.1, 0.15) is 23.5 Å². The Kier molecular flexibility index (Phi) is 10.9. The Balaban J connectivity index is 0.00000144. The topological polar surface area (TPSA) is 62.3 Å². The number of hydrogen-bond acceptors (Lipinski definition) is 5. The minimum absolute atomic E-state index is 0. The Morgan fingerprint density at radius 3 is 1.47 bits per heavy atom. The van der Waals surface area contributed by atoms with Crippen LogP contribution < -0.4 is 37.2 Å². The Labute approximate surface area is 230 Å². The molecule has 0 saturated heterocycles. The number of pyridine rings is 1. The zero-order chi connectivity index (χ0) is 20.8. The van der Waals surface area contributed by atoms with Gasteiger partial charge in [-0.15, -0.1) is 0 Å². The van der Waals surface area contributed by atoms with Gasteiger partial charge in [-0.25, -0.2) is 15.0 Å². The molecule has 5 nitrogen and oxygen atoms in total. The van der Waals surface area contributed by atoms with Crippen LogP contribution in [0.1, 0.15) is 39.1 Å². The van der Waals surface area contributed by atoms with Crippen LogP contribution in [0.4, 0.5) is 0 Å². The van der Waals surface area contributed by atoms with Crippen molar-refractivity contribution in [2.75, 3.05) is 0 Å². The van der Waals surface area contributed by atoms with Crippen molar-refractivity contribution in [1.82, 2.24) is 4.98 Å². The molecule has 0 saturated carbocycles. The van der Waals surface area contributed by atoms with Gasteiger partial charge in [-0.05, 0) is 47.3 Å². The smallest absolute Gasteiger partial charge is 1.00 e. The molecular formula is C25H25Cl3CoN5. The van der Waals surface area contributed by atoms with Crippen molar-refractivity contribution in [3.63, 3.8) is 0 Å². The number of fused-ring (bicyclic) bond motifs is 2. The summed E-state index contributed by atoms with van der Waals surface area (Å²) >= 11 is 0. The van der Waals surface area contributed by atoms with E-state index < -0.39 is 0 Å². The summed E-state index contributed by atoms with van der Waals surface area (Å²) in [5.74, 6) is 2.29. The number of rotatable bonds is 4. The van der Waals surface area contributed by atoms with Gasteiger partial charge in [-0.3, -0.25) is 9.98 Å². The van der Waals surface area contributed by atoms with Crippen molar-refractivity contribution in [3.05, 3.63) is 77.2 Å². The van der Waals surface area contributed by atoms with E-state index in [-0.39, 0.29) is 66.1 Å². The zero-order valence-corrected chi connectivity index (χ0v) is 22.5. The quantitative estimate of drug-likeness (QED) is 0.367. The van der Waals surface area contributed by atoms with Crippen molar-refractivity contribution in [2.45, 2.75) is 39.8 Å². The summed E-state index contributed by atoms with van der Waals surface area (Å²) in [7, 11) is 0. The van der Waals surface area contributed by atoms with E-state index in [9.17, 15) is 0 Å². The molecule has 3 heterocycles. The summed E-state index contributed by atoms with van der Waals surface area (Å²) in [5, 5.41) is 0. The van der Waals surface area contributed by atoms with E-state index in [1.54, 1.807) is 0 Å². The molecule has 5 rings (SSSR count). The molecule has 0 aromatic carbocycles. The van der Waals surface area contributed by atoms with Crippen molar-refractivity contribution >= 4 is 23.1 Å². The molecule has 2 unspecified atom stereocenters. The normalized spacial score (nSPS) is 21.4. The molecule has 0 amide bonds. The SMILES string of the molecule is CC(C)C1=CC2=NC(c3cccc(C4=NC5C=CC(C(C)C)=CC5=N4)n3)=NC2C=C1.[Cl-].[Cl-].[Cl-].[Co+3]. The van der Waals surface area contributed by atoms with E-state index in [2.05, 4.69) is 64.2 Å². The van der Waals surface area contributed by atoms with Gasteiger partial charge in [0.25, 0.3) is 0 Å². The van der Waals surface area contributed by atoms with Crippen LogP contribution in [0.3, 0.4) is 0 Å². The van der Waals surface area contributed by atoms with E-state index in [1.807, 2.05) is 18.2 Å². The van der Waals surface area contributed by atoms with E-state index >= 15 is 0 Å². The van der Waals surface area contributed by atoms with Crippen LogP contribution in [0.25, 0.3) is 0 Å². The van der Waals surface area contributed by atoms with Gasteiger partial charge in [0.2, 0.25) is 0 Å². The molecule has 0 radical (unpaired) electrons. The first-order valence-electron chi connectivity index (χ1n) is 10.6. The van der Waals surface area contributed by atoms with E-state index in [4.69, 9.17) is 25.0 Å². The average molecular weight is 561 g/mol. The van der Waals surface area contributed by atoms with Crippen molar-refractivity contribution in [1.29, 1.82) is 0 Å². The number of allylic oxidation sites excluding steroid dienone is 4. The molecule has 2 atom stereocenters. The standard InChI is InChI=1S/C25H25N5.3ClH.Co/c1-14(2)16-8-10-18-22(12-16)29-24(27-18)20-6-5-7-21(26-20)25-28-19-11-9-17(15(3)4)13-23(19)30-25;;;;/h5-15,18-19H,1-4H3;3*1H;/q;;;;+3/p-3. The zero-order valence-electron chi connectivity index (χ0n) is 19.2. The summed E-state index contributed by atoms with van der Waals surface area (Å²) in [6.07, 6.45) is 12.8. The second kappa shape index (κ2) is 12.2. The van der Waals surface area contributed by atoms with E-state index in [1.165, 1.54) is 11.1 Å². The summed E-state index contributed by atoms with van der Waals surface area (Å²) in [4.78, 5) is 23.9. The monoisotopic (exact) mass is 559 g/mol. The van der Waals surface area contributed by atoms with Crippen LogP contribution in [0.2, 0.25) is 0 Å². The number of amidine groups is 2. The predicted octanol–water partition coefficient (Wildman–Crippen LogP) is -4.46. The third kappa shape index (κ3) is 5.86. The molecule has 180 valence electrons. The second-order valence-corrected chi connectivity index (χ2v) is 8.59. The maximum absolute atomic E-state index is 4.80. The Morgan fingerprint density at radius 1 is 0.676 bits per heavy atom. The molecule has 0 spiro atoms. The first-order chi connectivity index (χ1) is 14.5. The fourth-order valence-electron chi connectivity index (χ4n) is 3.84. The van der Waals surface area contributed by atoms with Gasteiger partial charge in [0.05, 0.1) is 11.4 Å². The van der Waals surface area contributed by atoms with Crippen molar-refractivity contribution in [2.24, 2.45) is 31.8 Å². The van der Waals surface area contributed by atoms with E-state index in [0.29, 0.717) is 23.5 Å². The molecule has 4 aliphatic rings. The molecule has 0 fully saturated rings. The average Bonchev–Trinajstić information content (AvgIpc) is 3.36. The number of hydrogen-bond donors (Lipinski definition) is 0. The molecule has 1 aromatic rings. The number of aromatic nitrogens is 1. The first kappa shape index (κ1) is 30.2. The summed E-state index contributed by atoms with van der Waals surface area (Å²) in [5.41, 5.74) is 6.06. The fourth-order valence-corrected chi connectivity index (χ4v) is 3.84. The minimum Gasteiger partial charge on any atom is -1.00 e. The van der Waals surface area contributed by atoms with Gasteiger partial charge < -0.3 is 37.2 Å². The predicted molar refractivity (Wildman–Crippen MR) is 124 cm³/mol. The number of nitrogens with zero attached hydrogens (tertiary/aromatic N) is 5. The molecule has 9 heteroatoms. The third-order valence-corrected chi connectivity index (χ3v) is 5.71. The molecular weight excluding hydrogens is 536 g/mol. The second-order valence-electron chi connectivity index (χ2n) is 8.59. The van der Waals surface area contributed by atoms with Gasteiger partial charge >= 0.3 is 16.8 Å². The maximum Gasteiger partial charge on any atom is 3.00 e. The summed E-state index contributed by atoms with van der Waals surface area (Å²) in [6, 6.07) is 5.86. The first-order valence-corrected chi connectivity index (χ1v) is 10.6. The largest absolute Gasteiger partial charge is 3.00 e. The molecule has 0 bridgehead atoms. The van der Waals surface area contributed by atoms with Gasteiger partial charge in [0, 0.05) is 0 Å². The third-order valence-electron chi connectivity index (χ3n) is 5.71. The van der Waals surface area contributed by atoms with Gasteiger partial charge in [0.15, 0.2) is 11.7 Å². The van der Waals surface area contributed by atoms with Crippen molar-refractivity contribution < 1.29 is 54.0 Å². The van der Waals surface area contributed by atoms with Gasteiger partial charge in [-0.2, -0.15) is 0 Å². The molecule has 2 aliphatic carbocycles. The number of halogens is 3. The van der Waals surface area contributed by atoms with E-state index in [0.717, 1.165) is 22.8 Å². The van der Waals surface area contributed by atoms with Crippen molar-refractivity contribution in [3.8, 4) is 0 Å². The van der Waals surface area contributed by atoms with Crippen LogP contribution >= 0.6 is 0 Å². The summed E-state index contributed by atoms with van der Waals surface area (Å²) < 4.78 is 0. The molecule has 0 N–H and O–H groups in total. The maximum atomic E-state index is 4.80. The minimum atomic E-state index is -0.00961. The van der Waals surface area contributed by atoms with Crippen LogP contribution in [-0.2, 0) is 16.8 Å². The Hall–Kier alpha value is -1.83. The Bertz CT molecular complexity index is 1090. The van der Waals surface area contributed by atoms with Crippen LogP contribution in [0, 0.1) is 11.8 Å². The van der Waals surface area contributed by atoms with Crippen LogP contribution in [0.5, 0.6) is 0 Å². The summed E-state index contributed by atoms with van der Waals surface area (Å²) in [6.45, 7) is 8.76. The number of aliphatic imine (C=N–C) groups is 4. The fraction of sp³-hybridized carbons (Fsp3) is 0.320. The van der Waals surface area contributed by atoms with Crippen LogP contribution in [0.15, 0.2) is 85.8 Å².